The number of fused-ring (bicyclic) bond motifs is 1. The Morgan fingerprint density at radius 1 is 1.05 bits per heavy atom. The smallest absolute Gasteiger partial charge is 0.262 e. The average Bonchev–Trinajstić information content (AvgIpc) is 3.26. The van der Waals surface area contributed by atoms with E-state index in [1.165, 1.54) is 16.9 Å². The second kappa shape index (κ2) is 10.4. The zero-order valence-corrected chi connectivity index (χ0v) is 23.5. The molecule has 0 aliphatic carbocycles. The minimum absolute atomic E-state index is 0.254. The number of nitrogens with zero attached hydrogens (tertiary/aromatic N) is 2. The summed E-state index contributed by atoms with van der Waals surface area (Å²) in [5, 5.41) is 4.31. The Kier molecular flexibility index (Phi) is 7.09. The molecule has 0 aliphatic heterocycles. The minimum atomic E-state index is -0.323. The first-order valence-corrected chi connectivity index (χ1v) is 13.7. The predicted molar refractivity (Wildman–Crippen MR) is 155 cm³/mol. The number of halogens is 1. The van der Waals surface area contributed by atoms with Gasteiger partial charge in [-0.3, -0.25) is 10.1 Å². The summed E-state index contributed by atoms with van der Waals surface area (Å²) in [5.74, 6) is -0.323. The van der Waals surface area contributed by atoms with Crippen LogP contribution in [0.2, 0.25) is 0 Å². The van der Waals surface area contributed by atoms with Gasteiger partial charge < -0.3 is 4.42 Å². The van der Waals surface area contributed by atoms with E-state index in [9.17, 15) is 4.79 Å². The quantitative estimate of drug-likeness (QED) is 0.230. The van der Waals surface area contributed by atoms with Gasteiger partial charge in [-0.1, -0.05) is 59.3 Å². The van der Waals surface area contributed by atoms with E-state index < -0.39 is 0 Å². The van der Waals surface area contributed by atoms with Crippen LogP contribution in [0.4, 0.5) is 10.8 Å². The van der Waals surface area contributed by atoms with Crippen molar-refractivity contribution in [2.45, 2.75) is 34.1 Å². The standard InChI is InChI=1S/C30H26BrN3O2S/c1-5-20-9-11-21(12-10-20)27-19(4)37-30(33-27)34-28(35)24-16-22-15-23(31)13-14-26(22)36-29(24)32-25-8-6-7-17(2)18(25)3/h6-16H,5H2,1-4H3,(H,33,34,35). The lowest BCUT2D eigenvalue weighted by Crippen LogP contribution is -2.21. The lowest BCUT2D eigenvalue weighted by atomic mass is 10.1. The summed E-state index contributed by atoms with van der Waals surface area (Å²) in [7, 11) is 0. The molecular formula is C30H26BrN3O2S. The molecule has 0 spiro atoms. The summed E-state index contributed by atoms with van der Waals surface area (Å²) < 4.78 is 7.06. The molecule has 2 aromatic heterocycles. The van der Waals surface area contributed by atoms with Crippen LogP contribution in [0.3, 0.4) is 0 Å². The molecule has 2 heterocycles. The largest absolute Gasteiger partial charge is 0.438 e. The van der Waals surface area contributed by atoms with E-state index in [0.717, 1.165) is 49.2 Å². The lowest BCUT2D eigenvalue weighted by Gasteiger charge is -2.07. The van der Waals surface area contributed by atoms with Gasteiger partial charge in [0.1, 0.15) is 11.1 Å². The van der Waals surface area contributed by atoms with Crippen molar-refractivity contribution < 1.29 is 9.21 Å². The van der Waals surface area contributed by atoms with Gasteiger partial charge in [-0.15, -0.1) is 11.3 Å². The molecule has 0 saturated carbocycles. The van der Waals surface area contributed by atoms with Gasteiger partial charge in [0, 0.05) is 20.3 Å². The van der Waals surface area contributed by atoms with Gasteiger partial charge in [0.2, 0.25) is 5.55 Å². The number of benzene rings is 3. The third-order valence-corrected chi connectivity index (χ3v) is 7.78. The number of aromatic nitrogens is 1. The number of hydrogen-bond acceptors (Lipinski definition) is 5. The van der Waals surface area contributed by atoms with Crippen molar-refractivity contribution in [1.29, 1.82) is 0 Å². The summed E-state index contributed by atoms with van der Waals surface area (Å²) in [6, 6.07) is 21.8. The molecule has 0 saturated heterocycles. The van der Waals surface area contributed by atoms with Crippen LogP contribution in [0.1, 0.15) is 38.8 Å². The van der Waals surface area contributed by atoms with Crippen LogP contribution in [-0.4, -0.2) is 10.9 Å². The number of aryl methyl sites for hydroxylation is 3. The summed E-state index contributed by atoms with van der Waals surface area (Å²) in [5.41, 5.74) is 7.33. The molecule has 5 rings (SSSR count). The van der Waals surface area contributed by atoms with E-state index in [0.29, 0.717) is 16.3 Å². The Hall–Kier alpha value is -3.55. The Labute approximate surface area is 228 Å². The number of nitrogens with one attached hydrogen (secondary N) is 1. The summed E-state index contributed by atoms with van der Waals surface area (Å²) >= 11 is 4.96. The van der Waals surface area contributed by atoms with Crippen LogP contribution in [0.25, 0.3) is 22.2 Å². The van der Waals surface area contributed by atoms with Gasteiger partial charge in [-0.25, -0.2) is 9.98 Å². The summed E-state index contributed by atoms with van der Waals surface area (Å²) in [6.07, 6.45) is 0.987. The molecule has 186 valence electrons. The molecule has 0 bridgehead atoms. The first-order chi connectivity index (χ1) is 17.8. The third-order valence-electron chi connectivity index (χ3n) is 6.40. The molecule has 7 heteroatoms. The maximum absolute atomic E-state index is 13.6. The van der Waals surface area contributed by atoms with E-state index >= 15 is 0 Å². The molecule has 0 radical (unpaired) electrons. The predicted octanol–water partition coefficient (Wildman–Crippen LogP) is 8.29. The van der Waals surface area contributed by atoms with Crippen LogP contribution in [0.5, 0.6) is 0 Å². The minimum Gasteiger partial charge on any atom is -0.438 e. The molecule has 1 amide bonds. The van der Waals surface area contributed by atoms with Crippen LogP contribution >= 0.6 is 27.3 Å². The maximum Gasteiger partial charge on any atom is 0.262 e. The molecule has 37 heavy (non-hydrogen) atoms. The van der Waals surface area contributed by atoms with E-state index in [4.69, 9.17) is 14.4 Å². The van der Waals surface area contributed by atoms with Gasteiger partial charge in [-0.2, -0.15) is 0 Å². The van der Waals surface area contributed by atoms with Crippen molar-refractivity contribution in [3.8, 4) is 11.3 Å². The number of thiazole rings is 1. The topological polar surface area (TPSA) is 67.5 Å². The zero-order chi connectivity index (χ0) is 26.1. The molecule has 0 unspecified atom stereocenters. The SMILES string of the molecule is CCc1ccc(-c2nc(NC(=O)c3cc4cc(Br)ccc4oc3=Nc3cccc(C)c3C)sc2C)cc1. The van der Waals surface area contributed by atoms with Gasteiger partial charge >= 0.3 is 0 Å². The number of hydrogen-bond donors (Lipinski definition) is 1. The van der Waals surface area contributed by atoms with Crippen LogP contribution in [0, 0.1) is 20.8 Å². The van der Waals surface area contributed by atoms with Crippen LogP contribution in [-0.2, 0) is 6.42 Å². The first-order valence-electron chi connectivity index (χ1n) is 12.0. The number of anilines is 1. The summed E-state index contributed by atoms with van der Waals surface area (Å²) in [6.45, 7) is 8.20. The van der Waals surface area contributed by atoms with Crippen molar-refractivity contribution in [1.82, 2.24) is 4.98 Å². The second-order valence-electron chi connectivity index (χ2n) is 8.91. The van der Waals surface area contributed by atoms with Gasteiger partial charge in [0.05, 0.1) is 11.4 Å². The first kappa shape index (κ1) is 25.1. The number of carbonyl (C=O) groups is 1. The van der Waals surface area contributed by atoms with E-state index in [1.807, 2.05) is 63.2 Å². The second-order valence-corrected chi connectivity index (χ2v) is 11.0. The average molecular weight is 573 g/mol. The monoisotopic (exact) mass is 571 g/mol. The Balaban J connectivity index is 1.56. The lowest BCUT2D eigenvalue weighted by molar-refractivity contribution is 0.102. The highest BCUT2D eigenvalue weighted by molar-refractivity contribution is 9.10. The third kappa shape index (κ3) is 5.29. The normalized spacial score (nSPS) is 11.8. The van der Waals surface area contributed by atoms with Crippen LogP contribution < -0.4 is 10.9 Å². The maximum atomic E-state index is 13.6. The van der Waals surface area contributed by atoms with Gasteiger partial charge in [-0.05, 0) is 74.2 Å². The van der Waals surface area contributed by atoms with Crippen molar-refractivity contribution in [3.63, 3.8) is 0 Å². The van der Waals surface area contributed by atoms with Crippen molar-refractivity contribution in [3.05, 3.63) is 104 Å². The number of amides is 1. The van der Waals surface area contributed by atoms with Gasteiger partial charge in [0.15, 0.2) is 5.13 Å². The van der Waals surface area contributed by atoms with Crippen molar-refractivity contribution >= 4 is 55.0 Å². The fourth-order valence-corrected chi connectivity index (χ4v) is 5.30. The van der Waals surface area contributed by atoms with E-state index in [2.05, 4.69) is 52.4 Å². The molecule has 5 nitrogen and oxygen atoms in total. The zero-order valence-electron chi connectivity index (χ0n) is 21.1. The van der Waals surface area contributed by atoms with Crippen LogP contribution in [0.15, 0.2) is 80.6 Å². The summed E-state index contributed by atoms with van der Waals surface area (Å²) in [4.78, 5) is 24.1. The molecular weight excluding hydrogens is 546 g/mol. The molecule has 1 N–H and O–H groups in total. The highest BCUT2D eigenvalue weighted by Crippen LogP contribution is 2.31. The molecule has 0 fully saturated rings. The Morgan fingerprint density at radius 2 is 1.84 bits per heavy atom. The van der Waals surface area contributed by atoms with E-state index in [-0.39, 0.29) is 11.5 Å². The fraction of sp³-hybridized carbons (Fsp3) is 0.167. The number of rotatable bonds is 5. The molecule has 0 aliphatic rings. The molecule has 0 atom stereocenters. The Bertz CT molecular complexity index is 1700. The number of carbonyl (C=O) groups excluding carboxylic acids is 1. The van der Waals surface area contributed by atoms with Crippen molar-refractivity contribution in [2.24, 2.45) is 4.99 Å². The Morgan fingerprint density at radius 3 is 2.59 bits per heavy atom. The molecule has 5 aromatic rings. The molecule has 3 aromatic carbocycles. The highest BCUT2D eigenvalue weighted by atomic mass is 79.9. The fourth-order valence-electron chi connectivity index (χ4n) is 4.09. The van der Waals surface area contributed by atoms with Crippen molar-refractivity contribution in [2.75, 3.05) is 5.32 Å². The highest BCUT2D eigenvalue weighted by Gasteiger charge is 2.17. The van der Waals surface area contributed by atoms with Gasteiger partial charge in [0.25, 0.3) is 5.91 Å². The van der Waals surface area contributed by atoms with E-state index in [1.54, 1.807) is 0 Å².